The third-order valence-electron chi connectivity index (χ3n) is 4.17. The second kappa shape index (κ2) is 5.48. The molecule has 2 fully saturated rings. The minimum Gasteiger partial charge on any atom is -0.384 e. The Morgan fingerprint density at radius 2 is 2.12 bits per heavy atom. The summed E-state index contributed by atoms with van der Waals surface area (Å²) < 4.78 is 5.24. The quantitative estimate of drug-likeness (QED) is 0.783. The van der Waals surface area contributed by atoms with Crippen molar-refractivity contribution in [2.75, 3.05) is 46.4 Å². The van der Waals surface area contributed by atoms with E-state index in [1.54, 1.807) is 0 Å². The second-order valence-corrected chi connectivity index (χ2v) is 5.91. The number of ether oxygens (including phenoxy) is 1. The van der Waals surface area contributed by atoms with Crippen molar-refractivity contribution in [3.05, 3.63) is 0 Å². The van der Waals surface area contributed by atoms with Crippen LogP contribution in [0.3, 0.4) is 0 Å². The predicted molar refractivity (Wildman–Crippen MR) is 66.6 cm³/mol. The molecule has 2 rings (SSSR count). The number of methoxy groups -OCH3 is 1. The van der Waals surface area contributed by atoms with Crippen LogP contribution in [0.2, 0.25) is 0 Å². The zero-order valence-electron chi connectivity index (χ0n) is 10.8. The SMILES string of the molecule is COCC1CCN(CC2(C)CCNC2)CC1. The average molecular weight is 226 g/mol. The first kappa shape index (κ1) is 12.3. The minimum absolute atomic E-state index is 0.522. The molecule has 2 aliphatic rings. The van der Waals surface area contributed by atoms with Crippen molar-refractivity contribution >= 4 is 0 Å². The third kappa shape index (κ3) is 3.19. The highest BCUT2D eigenvalue weighted by Gasteiger charge is 2.31. The molecule has 0 aliphatic carbocycles. The number of nitrogens with zero attached hydrogens (tertiary/aromatic N) is 1. The minimum atomic E-state index is 0.522. The average Bonchev–Trinajstić information content (AvgIpc) is 2.68. The van der Waals surface area contributed by atoms with Crippen molar-refractivity contribution < 1.29 is 4.74 Å². The van der Waals surface area contributed by atoms with Crippen LogP contribution in [0, 0.1) is 11.3 Å². The zero-order chi connectivity index (χ0) is 11.4. The first-order valence-electron chi connectivity index (χ1n) is 6.64. The fourth-order valence-electron chi connectivity index (χ4n) is 3.09. The molecule has 0 aromatic heterocycles. The molecule has 0 amide bonds. The Morgan fingerprint density at radius 1 is 1.38 bits per heavy atom. The van der Waals surface area contributed by atoms with E-state index < -0.39 is 0 Å². The van der Waals surface area contributed by atoms with Gasteiger partial charge in [-0.2, -0.15) is 0 Å². The number of hydrogen-bond acceptors (Lipinski definition) is 3. The van der Waals surface area contributed by atoms with Crippen LogP contribution in [0.1, 0.15) is 26.2 Å². The highest BCUT2D eigenvalue weighted by atomic mass is 16.5. The summed E-state index contributed by atoms with van der Waals surface area (Å²) in [7, 11) is 1.82. The van der Waals surface area contributed by atoms with Gasteiger partial charge in [0.15, 0.2) is 0 Å². The van der Waals surface area contributed by atoms with Gasteiger partial charge in [0, 0.05) is 26.8 Å². The van der Waals surface area contributed by atoms with Gasteiger partial charge in [-0.25, -0.2) is 0 Å². The molecule has 0 aromatic rings. The summed E-state index contributed by atoms with van der Waals surface area (Å²) in [5.74, 6) is 0.802. The first-order chi connectivity index (χ1) is 7.72. The van der Waals surface area contributed by atoms with Crippen LogP contribution in [0.5, 0.6) is 0 Å². The normalized spacial score (nSPS) is 33.4. The van der Waals surface area contributed by atoms with Gasteiger partial charge in [-0.1, -0.05) is 6.92 Å². The fourth-order valence-corrected chi connectivity index (χ4v) is 3.09. The Bertz CT molecular complexity index is 206. The molecule has 0 bridgehead atoms. The van der Waals surface area contributed by atoms with E-state index in [2.05, 4.69) is 17.1 Å². The van der Waals surface area contributed by atoms with Crippen LogP contribution < -0.4 is 5.32 Å². The molecule has 3 heteroatoms. The first-order valence-corrected chi connectivity index (χ1v) is 6.64. The molecule has 0 aromatic carbocycles. The monoisotopic (exact) mass is 226 g/mol. The predicted octanol–water partition coefficient (Wildman–Crippen LogP) is 1.34. The molecular formula is C13H26N2O. The van der Waals surface area contributed by atoms with Gasteiger partial charge in [-0.3, -0.25) is 0 Å². The Kier molecular flexibility index (Phi) is 4.22. The van der Waals surface area contributed by atoms with Gasteiger partial charge in [-0.15, -0.1) is 0 Å². The lowest BCUT2D eigenvalue weighted by molar-refractivity contribution is 0.0813. The largest absolute Gasteiger partial charge is 0.384 e. The highest BCUT2D eigenvalue weighted by molar-refractivity contribution is 4.87. The van der Waals surface area contributed by atoms with E-state index in [9.17, 15) is 0 Å². The molecule has 1 N–H and O–H groups in total. The van der Waals surface area contributed by atoms with E-state index in [-0.39, 0.29) is 0 Å². The number of piperidine rings is 1. The Labute approximate surface area is 99.5 Å². The third-order valence-corrected chi connectivity index (χ3v) is 4.17. The summed E-state index contributed by atoms with van der Waals surface area (Å²) in [5, 5.41) is 3.48. The highest BCUT2D eigenvalue weighted by Crippen LogP contribution is 2.28. The maximum atomic E-state index is 5.24. The van der Waals surface area contributed by atoms with Crippen molar-refractivity contribution in [1.29, 1.82) is 0 Å². The molecule has 94 valence electrons. The van der Waals surface area contributed by atoms with Gasteiger partial charge in [0.05, 0.1) is 0 Å². The van der Waals surface area contributed by atoms with E-state index in [0.717, 1.165) is 12.5 Å². The van der Waals surface area contributed by atoms with Crippen LogP contribution in [0.15, 0.2) is 0 Å². The topological polar surface area (TPSA) is 24.5 Å². The lowest BCUT2D eigenvalue weighted by atomic mass is 9.87. The van der Waals surface area contributed by atoms with Crippen LogP contribution in [0.4, 0.5) is 0 Å². The van der Waals surface area contributed by atoms with Crippen molar-refractivity contribution in [2.45, 2.75) is 26.2 Å². The Morgan fingerprint density at radius 3 is 2.69 bits per heavy atom. The molecular weight excluding hydrogens is 200 g/mol. The van der Waals surface area contributed by atoms with Crippen LogP contribution in [-0.2, 0) is 4.74 Å². The number of likely N-dealkylation sites (tertiary alicyclic amines) is 1. The lowest BCUT2D eigenvalue weighted by Crippen LogP contribution is -2.42. The second-order valence-electron chi connectivity index (χ2n) is 5.91. The van der Waals surface area contributed by atoms with Gasteiger partial charge in [-0.05, 0) is 50.2 Å². The van der Waals surface area contributed by atoms with Crippen molar-refractivity contribution in [3.8, 4) is 0 Å². The molecule has 0 saturated carbocycles. The molecule has 16 heavy (non-hydrogen) atoms. The van der Waals surface area contributed by atoms with Gasteiger partial charge in [0.2, 0.25) is 0 Å². The Hall–Kier alpha value is -0.120. The lowest BCUT2D eigenvalue weighted by Gasteiger charge is -2.36. The number of rotatable bonds is 4. The zero-order valence-corrected chi connectivity index (χ0v) is 10.8. The van der Waals surface area contributed by atoms with Gasteiger partial charge >= 0.3 is 0 Å². The number of nitrogens with one attached hydrogen (secondary N) is 1. The molecule has 2 heterocycles. The molecule has 2 saturated heterocycles. The molecule has 1 unspecified atom stereocenters. The molecule has 0 spiro atoms. The maximum absolute atomic E-state index is 5.24. The van der Waals surface area contributed by atoms with Crippen LogP contribution >= 0.6 is 0 Å². The number of hydrogen-bond donors (Lipinski definition) is 1. The summed E-state index contributed by atoms with van der Waals surface area (Å²) >= 11 is 0. The summed E-state index contributed by atoms with van der Waals surface area (Å²) in [4.78, 5) is 2.65. The van der Waals surface area contributed by atoms with Crippen molar-refractivity contribution in [3.63, 3.8) is 0 Å². The summed E-state index contributed by atoms with van der Waals surface area (Å²) in [5.41, 5.74) is 0.522. The summed E-state index contributed by atoms with van der Waals surface area (Å²) in [6, 6.07) is 0. The van der Waals surface area contributed by atoms with E-state index in [4.69, 9.17) is 4.74 Å². The Balaban J connectivity index is 1.72. The smallest absolute Gasteiger partial charge is 0.0491 e. The van der Waals surface area contributed by atoms with E-state index >= 15 is 0 Å². The van der Waals surface area contributed by atoms with Crippen LogP contribution in [-0.4, -0.2) is 51.3 Å². The fraction of sp³-hybridized carbons (Fsp3) is 1.00. The van der Waals surface area contributed by atoms with Crippen LogP contribution in [0.25, 0.3) is 0 Å². The van der Waals surface area contributed by atoms with Gasteiger partial charge in [0.1, 0.15) is 0 Å². The van der Waals surface area contributed by atoms with Gasteiger partial charge in [0.25, 0.3) is 0 Å². The van der Waals surface area contributed by atoms with E-state index in [1.165, 1.54) is 52.0 Å². The molecule has 2 aliphatic heterocycles. The summed E-state index contributed by atoms with van der Waals surface area (Å²) in [6.07, 6.45) is 3.97. The summed E-state index contributed by atoms with van der Waals surface area (Å²) in [6.45, 7) is 9.59. The standard InChI is InChI=1S/C13H26N2O/c1-13(5-6-14-10-13)11-15-7-3-12(4-8-15)9-16-2/h12,14H,3-11H2,1-2H3. The maximum Gasteiger partial charge on any atom is 0.0491 e. The molecule has 3 nitrogen and oxygen atoms in total. The van der Waals surface area contributed by atoms with Gasteiger partial charge < -0.3 is 15.0 Å². The molecule has 0 radical (unpaired) electrons. The van der Waals surface area contributed by atoms with Crippen molar-refractivity contribution in [2.24, 2.45) is 11.3 Å². The van der Waals surface area contributed by atoms with E-state index in [0.29, 0.717) is 5.41 Å². The van der Waals surface area contributed by atoms with Crippen molar-refractivity contribution in [1.82, 2.24) is 10.2 Å². The molecule has 1 atom stereocenters. The van der Waals surface area contributed by atoms with E-state index in [1.807, 2.05) is 7.11 Å².